The van der Waals surface area contributed by atoms with Gasteiger partial charge < -0.3 is 10.1 Å². The minimum absolute atomic E-state index is 0.0719. The number of rotatable bonds is 11. The monoisotopic (exact) mass is 758 g/mol. The number of thioether (sulfide) groups is 1. The predicted octanol–water partition coefficient (Wildman–Crippen LogP) is 7.51. The lowest BCUT2D eigenvalue weighted by atomic mass is 9.99. The van der Waals surface area contributed by atoms with Gasteiger partial charge >= 0.3 is 0 Å². The molecule has 3 aromatic carbocycles. The summed E-state index contributed by atoms with van der Waals surface area (Å²) >= 11 is 7.83. The Bertz CT molecular complexity index is 1740. The van der Waals surface area contributed by atoms with Crippen molar-refractivity contribution in [1.29, 1.82) is 5.26 Å². The third-order valence-electron chi connectivity index (χ3n) is 6.53. The van der Waals surface area contributed by atoms with Gasteiger partial charge in [0, 0.05) is 5.70 Å². The molecule has 0 radical (unpaired) electrons. The molecule has 0 fully saturated rings. The summed E-state index contributed by atoms with van der Waals surface area (Å²) in [6.07, 6.45) is 8.04. The van der Waals surface area contributed by atoms with E-state index in [0.717, 1.165) is 22.9 Å². The summed E-state index contributed by atoms with van der Waals surface area (Å²) in [6, 6.07) is 24.1. The van der Waals surface area contributed by atoms with Crippen molar-refractivity contribution in [3.8, 4) is 11.8 Å². The standard InChI is InChI=1S/C35H28Br2N4O4S/c1-3-5-16-26(4-2)41-34(44)27(19-23-20-28(36)32(29(37)21-23)45-18-17-38)33(43)40-35(41)46-22-30(42)39-31(24-12-8-6-9-13-24)25-14-10-7-11-15-25/h3-16,19-21,31H,1,18,22H2,2H3,(H,39,42)/b16-5-,26-4+,27-19+. The van der Waals surface area contributed by atoms with Crippen molar-refractivity contribution in [3.63, 3.8) is 0 Å². The Balaban J connectivity index is 1.63. The number of hydrogen-bond acceptors (Lipinski definition) is 6. The first-order chi connectivity index (χ1) is 22.3. The molecule has 4 rings (SSSR count). The van der Waals surface area contributed by atoms with Crippen molar-refractivity contribution < 1.29 is 19.1 Å². The summed E-state index contributed by atoms with van der Waals surface area (Å²) in [7, 11) is 0. The average molecular weight is 761 g/mol. The molecule has 8 nitrogen and oxygen atoms in total. The van der Waals surface area contributed by atoms with Gasteiger partial charge in [0.1, 0.15) is 17.4 Å². The van der Waals surface area contributed by atoms with E-state index in [1.54, 1.807) is 43.4 Å². The molecule has 0 unspecified atom stereocenters. The van der Waals surface area contributed by atoms with Crippen molar-refractivity contribution in [1.82, 2.24) is 10.2 Å². The molecule has 0 aliphatic carbocycles. The lowest BCUT2D eigenvalue weighted by Crippen LogP contribution is -2.42. The van der Waals surface area contributed by atoms with Crippen LogP contribution in [0.1, 0.15) is 29.7 Å². The number of amidine groups is 1. The van der Waals surface area contributed by atoms with Crippen LogP contribution in [0.3, 0.4) is 0 Å². The number of carbonyl (C=O) groups is 3. The molecule has 3 aromatic rings. The third-order valence-corrected chi connectivity index (χ3v) is 8.64. The maximum absolute atomic E-state index is 13.9. The fraction of sp³-hybridized carbons (Fsp3) is 0.114. The summed E-state index contributed by atoms with van der Waals surface area (Å²) in [6.45, 7) is 5.30. The van der Waals surface area contributed by atoms with E-state index in [0.29, 0.717) is 26.0 Å². The zero-order valence-electron chi connectivity index (χ0n) is 24.7. The molecule has 0 aromatic heterocycles. The van der Waals surface area contributed by atoms with Crippen molar-refractivity contribution in [2.45, 2.75) is 13.0 Å². The number of amides is 3. The molecule has 0 spiro atoms. The molecule has 0 saturated heterocycles. The number of carbonyl (C=O) groups excluding carboxylic acids is 3. The maximum atomic E-state index is 13.9. The number of nitrogens with zero attached hydrogens (tertiary/aromatic N) is 3. The van der Waals surface area contributed by atoms with E-state index in [1.165, 1.54) is 11.0 Å². The van der Waals surface area contributed by atoms with Crippen LogP contribution in [0.5, 0.6) is 5.75 Å². The Morgan fingerprint density at radius 1 is 1.09 bits per heavy atom. The summed E-state index contributed by atoms with van der Waals surface area (Å²) in [5.74, 6) is -1.33. The first kappa shape index (κ1) is 34.4. The molecule has 0 saturated carbocycles. The first-order valence-corrected chi connectivity index (χ1v) is 16.5. The normalized spacial score (nSPS) is 14.4. The fourth-order valence-corrected chi connectivity index (χ4v) is 6.72. The van der Waals surface area contributed by atoms with Gasteiger partial charge in [-0.3, -0.25) is 19.3 Å². The van der Waals surface area contributed by atoms with Crippen LogP contribution < -0.4 is 10.1 Å². The number of ether oxygens (including phenoxy) is 1. The number of aliphatic imine (C=N–C) groups is 1. The highest BCUT2D eigenvalue weighted by molar-refractivity contribution is 9.11. The van der Waals surface area contributed by atoms with Crippen LogP contribution in [0.15, 0.2) is 129 Å². The number of hydrogen-bond donors (Lipinski definition) is 1. The van der Waals surface area contributed by atoms with Crippen molar-refractivity contribution >= 4 is 72.6 Å². The molecule has 46 heavy (non-hydrogen) atoms. The topological polar surface area (TPSA) is 112 Å². The second-order valence-electron chi connectivity index (χ2n) is 9.58. The highest BCUT2D eigenvalue weighted by Crippen LogP contribution is 2.36. The minimum Gasteiger partial charge on any atom is -0.476 e. The molecule has 11 heteroatoms. The second-order valence-corrected chi connectivity index (χ2v) is 12.2. The van der Waals surface area contributed by atoms with Crippen LogP contribution in [-0.2, 0) is 14.4 Å². The Morgan fingerprint density at radius 2 is 1.70 bits per heavy atom. The molecule has 1 aliphatic rings. The molecule has 0 bridgehead atoms. The minimum atomic E-state index is -0.740. The van der Waals surface area contributed by atoms with Gasteiger partial charge in [-0.25, -0.2) is 0 Å². The van der Waals surface area contributed by atoms with Crippen molar-refractivity contribution in [2.75, 3.05) is 12.4 Å². The van der Waals surface area contributed by atoms with Crippen LogP contribution in [0.25, 0.3) is 6.08 Å². The van der Waals surface area contributed by atoms with Crippen LogP contribution in [0, 0.1) is 11.3 Å². The Hall–Kier alpha value is -4.50. The highest BCUT2D eigenvalue weighted by Gasteiger charge is 2.35. The van der Waals surface area contributed by atoms with Crippen LogP contribution in [0.2, 0.25) is 0 Å². The van der Waals surface area contributed by atoms with Gasteiger partial charge in [-0.15, -0.1) is 0 Å². The quantitative estimate of drug-likeness (QED) is 0.123. The molecular weight excluding hydrogens is 732 g/mol. The lowest BCUT2D eigenvalue weighted by Gasteiger charge is -2.28. The summed E-state index contributed by atoms with van der Waals surface area (Å²) < 4.78 is 6.49. The van der Waals surface area contributed by atoms with E-state index in [-0.39, 0.29) is 29.0 Å². The number of halogens is 2. The number of nitriles is 1. The average Bonchev–Trinajstić information content (AvgIpc) is 3.06. The molecule has 1 aliphatic heterocycles. The van der Waals surface area contributed by atoms with Gasteiger partial charge in [0.05, 0.1) is 20.7 Å². The zero-order chi connectivity index (χ0) is 33.1. The van der Waals surface area contributed by atoms with E-state index in [2.05, 4.69) is 48.7 Å². The van der Waals surface area contributed by atoms with E-state index < -0.39 is 17.9 Å². The molecule has 232 valence electrons. The van der Waals surface area contributed by atoms with E-state index in [1.807, 2.05) is 66.7 Å². The molecular formula is C35H28Br2N4O4S. The summed E-state index contributed by atoms with van der Waals surface area (Å²) in [5.41, 5.74) is 2.62. The third kappa shape index (κ3) is 8.60. The number of nitrogens with one attached hydrogen (secondary N) is 1. The Kier molecular flexibility index (Phi) is 12.5. The molecule has 3 amide bonds. The largest absolute Gasteiger partial charge is 0.476 e. The number of benzene rings is 3. The lowest BCUT2D eigenvalue weighted by molar-refractivity contribution is -0.126. The van der Waals surface area contributed by atoms with Crippen LogP contribution >= 0.6 is 43.6 Å². The van der Waals surface area contributed by atoms with E-state index >= 15 is 0 Å². The van der Waals surface area contributed by atoms with Crippen molar-refractivity contribution in [2.24, 2.45) is 4.99 Å². The highest BCUT2D eigenvalue weighted by atomic mass is 79.9. The summed E-state index contributed by atoms with van der Waals surface area (Å²) in [5, 5.41) is 12.0. The SMILES string of the molecule is C=C/C=C\C(=C/C)N1C(=O)/C(=C/c2cc(Br)c(OCC#N)c(Br)c2)C(=O)N=C1SCC(=O)NC(c1ccccc1)c1ccccc1. The van der Waals surface area contributed by atoms with Gasteiger partial charge in [-0.1, -0.05) is 97.2 Å². The Labute approximate surface area is 288 Å². The van der Waals surface area contributed by atoms with Gasteiger partial charge in [0.25, 0.3) is 11.8 Å². The molecule has 0 atom stereocenters. The number of allylic oxidation sites excluding steroid dienone is 4. The molecule has 1 heterocycles. The van der Waals surface area contributed by atoms with E-state index in [4.69, 9.17) is 10.00 Å². The second kappa shape index (κ2) is 16.7. The Morgan fingerprint density at radius 3 is 2.24 bits per heavy atom. The molecule has 1 N–H and O–H groups in total. The van der Waals surface area contributed by atoms with Gasteiger partial charge in [0.2, 0.25) is 5.91 Å². The predicted molar refractivity (Wildman–Crippen MR) is 189 cm³/mol. The van der Waals surface area contributed by atoms with Gasteiger partial charge in [-0.05, 0) is 79.8 Å². The fourth-order valence-electron chi connectivity index (χ4n) is 4.47. The van der Waals surface area contributed by atoms with E-state index in [9.17, 15) is 14.4 Å². The van der Waals surface area contributed by atoms with Crippen LogP contribution in [0.4, 0.5) is 0 Å². The summed E-state index contributed by atoms with van der Waals surface area (Å²) in [4.78, 5) is 46.1. The maximum Gasteiger partial charge on any atom is 0.285 e. The van der Waals surface area contributed by atoms with Crippen LogP contribution in [-0.4, -0.2) is 40.1 Å². The van der Waals surface area contributed by atoms with Gasteiger partial charge in [-0.2, -0.15) is 10.3 Å². The zero-order valence-corrected chi connectivity index (χ0v) is 28.6. The van der Waals surface area contributed by atoms with Gasteiger partial charge in [0.15, 0.2) is 11.8 Å². The first-order valence-electron chi connectivity index (χ1n) is 13.9. The van der Waals surface area contributed by atoms with Crippen molar-refractivity contribution in [3.05, 3.63) is 141 Å². The smallest absolute Gasteiger partial charge is 0.285 e.